The summed E-state index contributed by atoms with van der Waals surface area (Å²) in [5, 5.41) is 0. The Morgan fingerprint density at radius 1 is 1.50 bits per heavy atom. The normalized spacial score (nSPS) is 12.2. The van der Waals surface area contributed by atoms with E-state index in [-0.39, 0.29) is 0 Å². The number of rotatable bonds is 4. The van der Waals surface area contributed by atoms with Crippen LogP contribution in [0.4, 0.5) is 0 Å². The second-order valence-corrected chi connectivity index (χ2v) is 3.17. The van der Waals surface area contributed by atoms with E-state index >= 15 is 0 Å². The smallest absolute Gasteiger partial charge is 0.0144 e. The van der Waals surface area contributed by atoms with Crippen LogP contribution in [-0.2, 0) is 0 Å². The Balaban J connectivity index is 3.57. The maximum absolute atomic E-state index is 3.69. The lowest BCUT2D eigenvalue weighted by Gasteiger charge is -1.99. The van der Waals surface area contributed by atoms with Crippen LogP contribution in [0.5, 0.6) is 0 Å². The molecule has 10 heavy (non-hydrogen) atoms. The van der Waals surface area contributed by atoms with Crippen LogP contribution in [0, 0.1) is 5.92 Å². The molecule has 0 saturated heterocycles. The van der Waals surface area contributed by atoms with E-state index in [1.54, 1.807) is 0 Å². The van der Waals surface area contributed by atoms with E-state index in [4.69, 9.17) is 0 Å². The lowest BCUT2D eigenvalue weighted by atomic mass is 10.1. The summed E-state index contributed by atoms with van der Waals surface area (Å²) in [7, 11) is 0. The average Bonchev–Trinajstić information content (AvgIpc) is 1.85. The highest BCUT2D eigenvalue weighted by Crippen LogP contribution is 2.06. The van der Waals surface area contributed by atoms with Crippen LogP contribution in [0.1, 0.15) is 33.6 Å². The molecule has 0 aromatic carbocycles. The number of allylic oxidation sites excluding steroid dienone is 3. The lowest BCUT2D eigenvalue weighted by molar-refractivity contribution is 0.660. The van der Waals surface area contributed by atoms with E-state index in [0.717, 1.165) is 12.3 Å². The minimum absolute atomic E-state index is 0.778. The summed E-state index contributed by atoms with van der Waals surface area (Å²) in [4.78, 5) is 0. The molecule has 0 aliphatic heterocycles. The van der Waals surface area contributed by atoms with E-state index < -0.39 is 0 Å². The van der Waals surface area contributed by atoms with Gasteiger partial charge in [0.15, 0.2) is 0 Å². The molecule has 0 unspecified atom stereocenters. The largest absolute Gasteiger partial charge is 0.103 e. The molecule has 0 aliphatic carbocycles. The minimum atomic E-state index is 0.778. The summed E-state index contributed by atoms with van der Waals surface area (Å²) >= 11 is 0. The van der Waals surface area contributed by atoms with Gasteiger partial charge in [0.1, 0.15) is 0 Å². The zero-order chi connectivity index (χ0) is 7.98. The molecule has 0 heteroatoms. The van der Waals surface area contributed by atoms with Gasteiger partial charge in [-0.1, -0.05) is 31.6 Å². The van der Waals surface area contributed by atoms with Gasteiger partial charge in [-0.3, -0.25) is 0 Å². The molecule has 0 nitrogen and oxygen atoms in total. The van der Waals surface area contributed by atoms with Gasteiger partial charge in [-0.2, -0.15) is 0 Å². The Morgan fingerprint density at radius 2 is 2.10 bits per heavy atom. The van der Waals surface area contributed by atoms with E-state index in [9.17, 15) is 0 Å². The molecule has 0 atom stereocenters. The Bertz CT molecular complexity index is 118. The first-order chi connectivity index (χ1) is 4.66. The van der Waals surface area contributed by atoms with Crippen molar-refractivity contribution in [2.75, 3.05) is 0 Å². The van der Waals surface area contributed by atoms with E-state index in [1.165, 1.54) is 12.0 Å². The fourth-order valence-corrected chi connectivity index (χ4v) is 0.748. The Hall–Kier alpha value is -0.520. The molecule has 0 saturated carbocycles. The van der Waals surface area contributed by atoms with Crippen LogP contribution < -0.4 is 0 Å². The molecule has 0 aromatic heterocycles. The topological polar surface area (TPSA) is 0 Å². The molecule has 0 fully saturated rings. The summed E-state index contributed by atoms with van der Waals surface area (Å²) in [6.07, 6.45) is 6.48. The van der Waals surface area contributed by atoms with Crippen molar-refractivity contribution in [3.05, 3.63) is 24.3 Å². The molecule has 0 rings (SSSR count). The van der Waals surface area contributed by atoms with Crippen molar-refractivity contribution in [2.45, 2.75) is 33.6 Å². The Labute approximate surface area is 64.6 Å². The maximum atomic E-state index is 3.69. The van der Waals surface area contributed by atoms with Crippen molar-refractivity contribution < 1.29 is 0 Å². The van der Waals surface area contributed by atoms with E-state index in [2.05, 4.69) is 33.4 Å². The van der Waals surface area contributed by atoms with Gasteiger partial charge in [0.2, 0.25) is 0 Å². The third kappa shape index (κ3) is 5.61. The molecule has 0 aliphatic rings. The van der Waals surface area contributed by atoms with Gasteiger partial charge in [0, 0.05) is 0 Å². The zero-order valence-corrected chi connectivity index (χ0v) is 7.35. The van der Waals surface area contributed by atoms with Crippen LogP contribution in [0.2, 0.25) is 0 Å². The van der Waals surface area contributed by atoms with Crippen molar-refractivity contribution in [3.8, 4) is 0 Å². The van der Waals surface area contributed by atoms with Gasteiger partial charge in [-0.15, -0.1) is 6.58 Å². The fraction of sp³-hybridized carbons (Fsp3) is 0.600. The van der Waals surface area contributed by atoms with Gasteiger partial charge in [-0.05, 0) is 25.7 Å². The highest BCUT2D eigenvalue weighted by atomic mass is 14.0. The molecular weight excluding hydrogens is 120 g/mol. The molecular formula is C10H18. The molecule has 0 amide bonds. The summed E-state index contributed by atoms with van der Waals surface area (Å²) in [6.45, 7) is 10.3. The second-order valence-electron chi connectivity index (χ2n) is 3.17. The molecule has 58 valence electrons. The van der Waals surface area contributed by atoms with Gasteiger partial charge in [0.25, 0.3) is 0 Å². The Kier molecular flexibility index (Phi) is 5.00. The Morgan fingerprint density at radius 3 is 2.50 bits per heavy atom. The predicted molar refractivity (Wildman–Crippen MR) is 48.0 cm³/mol. The highest BCUT2D eigenvalue weighted by Gasteiger charge is 1.89. The minimum Gasteiger partial charge on any atom is -0.103 e. The first kappa shape index (κ1) is 9.48. The van der Waals surface area contributed by atoms with Crippen LogP contribution in [0.3, 0.4) is 0 Å². The molecule has 0 aromatic rings. The third-order valence-corrected chi connectivity index (χ3v) is 1.40. The molecule has 0 bridgehead atoms. The first-order valence-corrected chi connectivity index (χ1v) is 3.93. The molecule has 0 heterocycles. The fourth-order valence-electron chi connectivity index (χ4n) is 0.748. The number of hydrogen-bond acceptors (Lipinski definition) is 0. The van der Waals surface area contributed by atoms with Crippen LogP contribution >= 0.6 is 0 Å². The molecule has 0 spiro atoms. The van der Waals surface area contributed by atoms with Crippen LogP contribution in [-0.4, -0.2) is 0 Å². The second kappa shape index (κ2) is 5.28. The summed E-state index contributed by atoms with van der Waals surface area (Å²) in [5.41, 5.74) is 1.43. The summed E-state index contributed by atoms with van der Waals surface area (Å²) in [6, 6.07) is 0. The lowest BCUT2D eigenvalue weighted by Crippen LogP contribution is -1.83. The standard InChI is InChI=1S/C10H18/c1-5-6-10(4)8-7-9(2)3/h5,8-9H,1,6-7H2,2-4H3. The summed E-state index contributed by atoms with van der Waals surface area (Å²) in [5.74, 6) is 0.778. The van der Waals surface area contributed by atoms with Gasteiger partial charge in [-0.25, -0.2) is 0 Å². The monoisotopic (exact) mass is 138 g/mol. The summed E-state index contributed by atoms with van der Waals surface area (Å²) < 4.78 is 0. The van der Waals surface area contributed by atoms with Crippen molar-refractivity contribution in [1.29, 1.82) is 0 Å². The van der Waals surface area contributed by atoms with Crippen LogP contribution in [0.25, 0.3) is 0 Å². The number of hydrogen-bond donors (Lipinski definition) is 0. The van der Waals surface area contributed by atoms with Crippen molar-refractivity contribution in [1.82, 2.24) is 0 Å². The third-order valence-electron chi connectivity index (χ3n) is 1.40. The van der Waals surface area contributed by atoms with Crippen LogP contribution in [0.15, 0.2) is 24.3 Å². The van der Waals surface area contributed by atoms with Gasteiger partial charge < -0.3 is 0 Å². The highest BCUT2D eigenvalue weighted by molar-refractivity contribution is 5.02. The predicted octanol–water partition coefficient (Wildman–Crippen LogP) is 3.55. The molecule has 0 N–H and O–H groups in total. The van der Waals surface area contributed by atoms with Gasteiger partial charge >= 0.3 is 0 Å². The maximum Gasteiger partial charge on any atom is -0.0144 e. The van der Waals surface area contributed by atoms with Crippen molar-refractivity contribution >= 4 is 0 Å². The average molecular weight is 138 g/mol. The van der Waals surface area contributed by atoms with Gasteiger partial charge in [0.05, 0.1) is 0 Å². The first-order valence-electron chi connectivity index (χ1n) is 3.93. The SMILES string of the molecule is C=CCC(C)=CCC(C)C. The zero-order valence-electron chi connectivity index (χ0n) is 7.35. The van der Waals surface area contributed by atoms with Crippen molar-refractivity contribution in [2.24, 2.45) is 5.92 Å². The van der Waals surface area contributed by atoms with Crippen molar-refractivity contribution in [3.63, 3.8) is 0 Å². The quantitative estimate of drug-likeness (QED) is 0.521. The van der Waals surface area contributed by atoms with E-state index in [0.29, 0.717) is 0 Å². The molecule has 0 radical (unpaired) electrons. The van der Waals surface area contributed by atoms with E-state index in [1.807, 2.05) is 6.08 Å².